The fraction of sp³-hybridized carbons (Fsp3) is 0.429. The lowest BCUT2D eigenvalue weighted by Gasteiger charge is -2.34. The van der Waals surface area contributed by atoms with E-state index in [0.29, 0.717) is 55.0 Å². The van der Waals surface area contributed by atoms with Crippen LogP contribution < -0.4 is 4.74 Å². The quantitative estimate of drug-likeness (QED) is 0.533. The number of rotatable bonds is 3. The van der Waals surface area contributed by atoms with E-state index in [0.717, 1.165) is 22.4 Å². The van der Waals surface area contributed by atoms with Crippen LogP contribution in [0.4, 0.5) is 4.79 Å². The largest absolute Gasteiger partial charge is 0.496 e. The predicted molar refractivity (Wildman–Crippen MR) is 138 cm³/mol. The maximum Gasteiger partial charge on any atom is 0.410 e. The van der Waals surface area contributed by atoms with Crippen LogP contribution in [0.5, 0.6) is 5.75 Å². The lowest BCUT2D eigenvalue weighted by molar-refractivity contribution is 0.0274. The van der Waals surface area contributed by atoms with Crippen LogP contribution in [0.15, 0.2) is 30.6 Å². The number of benzene rings is 1. The summed E-state index contributed by atoms with van der Waals surface area (Å²) in [6.07, 6.45) is 4.87. The molecular formula is C28H31N5O4. The number of amides is 2. The number of methoxy groups -OCH3 is 1. The SMILES string of the molecule is COc1cc(-c2cc(C#N)c3nc(C)cn3c2)cc2c1C(=O)N(C1CCN(C(=O)OC(C)(C)C)C1)CC2. The summed E-state index contributed by atoms with van der Waals surface area (Å²) in [6, 6.07) is 7.87. The van der Waals surface area contributed by atoms with E-state index in [9.17, 15) is 14.9 Å². The van der Waals surface area contributed by atoms with E-state index in [1.165, 1.54) is 0 Å². The van der Waals surface area contributed by atoms with Crippen LogP contribution in [0.1, 0.15) is 54.4 Å². The predicted octanol–water partition coefficient (Wildman–Crippen LogP) is 4.20. The number of nitriles is 1. The van der Waals surface area contributed by atoms with Crippen LogP contribution in [-0.4, -0.2) is 69.6 Å². The zero-order valence-electron chi connectivity index (χ0n) is 21.9. The Morgan fingerprint density at radius 3 is 2.65 bits per heavy atom. The Bertz CT molecular complexity index is 1430. The second kappa shape index (κ2) is 9.11. The first-order valence-electron chi connectivity index (χ1n) is 12.5. The first-order valence-corrected chi connectivity index (χ1v) is 12.5. The zero-order valence-corrected chi connectivity index (χ0v) is 21.9. The maximum atomic E-state index is 13.7. The summed E-state index contributed by atoms with van der Waals surface area (Å²) in [5.74, 6) is 0.420. The summed E-state index contributed by atoms with van der Waals surface area (Å²) in [5.41, 5.74) is 4.58. The summed E-state index contributed by atoms with van der Waals surface area (Å²) >= 11 is 0. The van der Waals surface area contributed by atoms with Gasteiger partial charge in [0.1, 0.15) is 17.4 Å². The monoisotopic (exact) mass is 501 g/mol. The molecule has 2 aromatic heterocycles. The van der Waals surface area contributed by atoms with E-state index in [2.05, 4.69) is 11.1 Å². The molecule has 1 fully saturated rings. The molecule has 0 bridgehead atoms. The number of hydrogen-bond donors (Lipinski definition) is 0. The van der Waals surface area contributed by atoms with Gasteiger partial charge < -0.3 is 23.7 Å². The van der Waals surface area contributed by atoms with Crippen LogP contribution >= 0.6 is 0 Å². The van der Waals surface area contributed by atoms with E-state index < -0.39 is 5.60 Å². The van der Waals surface area contributed by atoms with Gasteiger partial charge in [0.15, 0.2) is 5.65 Å². The van der Waals surface area contributed by atoms with Crippen molar-refractivity contribution in [1.29, 1.82) is 5.26 Å². The number of hydrogen-bond acceptors (Lipinski definition) is 6. The normalized spacial score (nSPS) is 17.6. The first-order chi connectivity index (χ1) is 17.6. The van der Waals surface area contributed by atoms with E-state index in [1.807, 2.05) is 67.6 Å². The zero-order chi connectivity index (χ0) is 26.5. The number of aryl methyl sites for hydroxylation is 1. The van der Waals surface area contributed by atoms with Crippen molar-refractivity contribution in [3.8, 4) is 22.9 Å². The molecule has 4 heterocycles. The first kappa shape index (κ1) is 24.6. The Kier molecular flexibility index (Phi) is 6.06. The van der Waals surface area contributed by atoms with Crippen molar-refractivity contribution in [2.75, 3.05) is 26.7 Å². The summed E-state index contributed by atoms with van der Waals surface area (Å²) in [6.45, 7) is 9.01. The van der Waals surface area contributed by atoms with Gasteiger partial charge in [0.2, 0.25) is 0 Å². The highest BCUT2D eigenvalue weighted by Gasteiger charge is 2.38. The molecule has 37 heavy (non-hydrogen) atoms. The van der Waals surface area contributed by atoms with Gasteiger partial charge in [-0.25, -0.2) is 9.78 Å². The molecule has 0 radical (unpaired) electrons. The molecule has 5 rings (SSSR count). The van der Waals surface area contributed by atoms with Crippen molar-refractivity contribution in [3.63, 3.8) is 0 Å². The molecule has 0 saturated carbocycles. The number of aromatic nitrogens is 2. The van der Waals surface area contributed by atoms with Gasteiger partial charge in [-0.3, -0.25) is 4.79 Å². The number of carbonyl (C=O) groups excluding carboxylic acids is 2. The van der Waals surface area contributed by atoms with Crippen LogP contribution in [0.3, 0.4) is 0 Å². The van der Waals surface area contributed by atoms with Crippen molar-refractivity contribution in [2.24, 2.45) is 0 Å². The number of fused-ring (bicyclic) bond motifs is 2. The summed E-state index contributed by atoms with van der Waals surface area (Å²) in [4.78, 5) is 34.2. The molecule has 1 unspecified atom stereocenters. The Labute approximate surface area is 216 Å². The van der Waals surface area contributed by atoms with Crippen LogP contribution in [-0.2, 0) is 11.2 Å². The smallest absolute Gasteiger partial charge is 0.410 e. The van der Waals surface area contributed by atoms with Gasteiger partial charge >= 0.3 is 6.09 Å². The topological polar surface area (TPSA) is 100 Å². The molecule has 9 nitrogen and oxygen atoms in total. The van der Waals surface area contributed by atoms with Crippen molar-refractivity contribution in [1.82, 2.24) is 19.2 Å². The van der Waals surface area contributed by atoms with Crippen molar-refractivity contribution in [3.05, 3.63) is 53.0 Å². The molecule has 2 amide bonds. The van der Waals surface area contributed by atoms with Gasteiger partial charge in [0.05, 0.1) is 30.0 Å². The summed E-state index contributed by atoms with van der Waals surface area (Å²) in [5, 5.41) is 9.67. The molecule has 9 heteroatoms. The highest BCUT2D eigenvalue weighted by molar-refractivity contribution is 6.00. The molecule has 192 valence electrons. The Balaban J connectivity index is 1.43. The molecule has 1 atom stereocenters. The lowest BCUT2D eigenvalue weighted by Crippen LogP contribution is -2.46. The third-order valence-electron chi connectivity index (χ3n) is 6.88. The molecule has 0 spiro atoms. The van der Waals surface area contributed by atoms with Gasteiger partial charge in [-0.05, 0) is 75.4 Å². The highest BCUT2D eigenvalue weighted by atomic mass is 16.6. The third-order valence-corrected chi connectivity index (χ3v) is 6.88. The molecule has 1 aromatic carbocycles. The van der Waals surface area contributed by atoms with E-state index in [4.69, 9.17) is 9.47 Å². The summed E-state index contributed by atoms with van der Waals surface area (Å²) < 4.78 is 13.1. The average molecular weight is 502 g/mol. The van der Waals surface area contributed by atoms with Crippen molar-refractivity contribution >= 4 is 17.6 Å². The van der Waals surface area contributed by atoms with E-state index in [-0.39, 0.29) is 18.0 Å². The molecule has 2 aliphatic rings. The van der Waals surface area contributed by atoms with Crippen molar-refractivity contribution < 1.29 is 19.1 Å². The fourth-order valence-corrected chi connectivity index (χ4v) is 5.22. The van der Waals surface area contributed by atoms with E-state index in [1.54, 1.807) is 12.0 Å². The lowest BCUT2D eigenvalue weighted by atomic mass is 9.92. The number of likely N-dealkylation sites (tertiary alicyclic amines) is 1. The Hall–Kier alpha value is -4.06. The molecule has 0 aliphatic carbocycles. The number of nitrogens with zero attached hydrogens (tertiary/aromatic N) is 5. The standard InChI is InChI=1S/C28H31N5O4/c1-17-14-32-15-21(11-20(13-29)25(32)30-17)19-10-18-6-9-33(26(34)24(18)23(12-19)36-5)22-7-8-31(16-22)27(35)37-28(2,3)4/h10-12,14-15,22H,6-9,16H2,1-5H3. The molecule has 2 aliphatic heterocycles. The average Bonchev–Trinajstić information content (AvgIpc) is 3.48. The van der Waals surface area contributed by atoms with Crippen LogP contribution in [0.25, 0.3) is 16.8 Å². The maximum absolute atomic E-state index is 13.7. The molecule has 1 saturated heterocycles. The van der Waals surface area contributed by atoms with Gasteiger partial charge in [-0.1, -0.05) is 0 Å². The third kappa shape index (κ3) is 4.59. The van der Waals surface area contributed by atoms with Gasteiger partial charge in [-0.15, -0.1) is 0 Å². The minimum atomic E-state index is -0.560. The van der Waals surface area contributed by atoms with Crippen LogP contribution in [0, 0.1) is 18.3 Å². The Morgan fingerprint density at radius 2 is 1.95 bits per heavy atom. The second-order valence-electron chi connectivity index (χ2n) is 10.7. The molecule has 3 aromatic rings. The van der Waals surface area contributed by atoms with Crippen LogP contribution in [0.2, 0.25) is 0 Å². The number of pyridine rings is 1. The number of ether oxygens (including phenoxy) is 2. The molecular weight excluding hydrogens is 470 g/mol. The number of imidazole rings is 1. The van der Waals surface area contributed by atoms with Gasteiger partial charge in [0.25, 0.3) is 5.91 Å². The number of carbonyl (C=O) groups is 2. The van der Waals surface area contributed by atoms with Crippen molar-refractivity contribution in [2.45, 2.75) is 52.2 Å². The minimum absolute atomic E-state index is 0.0670. The minimum Gasteiger partial charge on any atom is -0.496 e. The van der Waals surface area contributed by atoms with E-state index >= 15 is 0 Å². The van der Waals surface area contributed by atoms with Gasteiger partial charge in [0, 0.05) is 32.0 Å². The summed E-state index contributed by atoms with van der Waals surface area (Å²) in [7, 11) is 1.56. The Morgan fingerprint density at radius 1 is 1.16 bits per heavy atom. The molecule has 0 N–H and O–H groups in total. The fourth-order valence-electron chi connectivity index (χ4n) is 5.22. The second-order valence-corrected chi connectivity index (χ2v) is 10.7. The van der Waals surface area contributed by atoms with Gasteiger partial charge in [-0.2, -0.15) is 5.26 Å². The highest BCUT2D eigenvalue weighted by Crippen LogP contribution is 2.36.